The van der Waals surface area contributed by atoms with Gasteiger partial charge in [-0.1, -0.05) is 48.5 Å². The zero-order valence-electron chi connectivity index (χ0n) is 22.1. The third-order valence-electron chi connectivity index (χ3n) is 4.64. The molecule has 0 saturated carbocycles. The Morgan fingerprint density at radius 2 is 0.810 bits per heavy atom. The van der Waals surface area contributed by atoms with Gasteiger partial charge in [0, 0.05) is 0 Å². The first-order chi connectivity index (χ1) is 18.6. The molecule has 2 rings (SSSR count). The van der Waals surface area contributed by atoms with Crippen molar-refractivity contribution >= 4 is 15.8 Å². The minimum atomic E-state index is -6.41. The van der Waals surface area contributed by atoms with Crippen molar-refractivity contribution in [3.8, 4) is 0 Å². The molecule has 0 spiro atoms. The van der Waals surface area contributed by atoms with Gasteiger partial charge >= 0.3 is 61.8 Å². The maximum absolute atomic E-state index is 13.2. The first kappa shape index (κ1) is 39.8. The molecule has 17 heteroatoms. The molecule has 0 aromatic heterocycles. The van der Waals surface area contributed by atoms with E-state index in [-0.39, 0.29) is 12.1 Å². The predicted octanol–water partition coefficient (Wildman–Crippen LogP) is 8.17. The topological polar surface area (TPSA) is 74.8 Å². The van der Waals surface area contributed by atoms with Crippen molar-refractivity contribution in [2.24, 2.45) is 0 Å². The summed E-state index contributed by atoms with van der Waals surface area (Å²) in [6, 6.07) is 3.75. The Bertz CT molecular complexity index is 1040. The van der Waals surface area contributed by atoms with Gasteiger partial charge in [-0.15, -0.1) is 11.4 Å². The molecule has 240 valence electrons. The number of para-hydroxylation sites is 2. The summed E-state index contributed by atoms with van der Waals surface area (Å²) >= 11 is 1.58. The van der Waals surface area contributed by atoms with Crippen molar-refractivity contribution < 1.29 is 87.4 Å². The number of hydrogen-bond acceptors (Lipinski definition) is 3. The van der Waals surface area contributed by atoms with E-state index < -0.39 is 64.0 Å². The number of rotatable bonds is 5. The van der Waals surface area contributed by atoms with Gasteiger partial charge in [0.15, 0.2) is 0 Å². The number of halogens is 12. The summed E-state index contributed by atoms with van der Waals surface area (Å²) in [5, 5.41) is 30.8. The van der Waals surface area contributed by atoms with Crippen molar-refractivity contribution in [3.63, 3.8) is 0 Å². The Morgan fingerprint density at radius 3 is 1.00 bits per heavy atom. The molecule has 0 atom stereocenters. The number of alkyl halides is 12. The van der Waals surface area contributed by atoms with Crippen LogP contribution in [-0.4, -0.2) is 50.0 Å². The Kier molecular flexibility index (Phi) is 13.4. The fourth-order valence-electron chi connectivity index (χ4n) is 2.82. The average molecular weight is 800 g/mol. The Hall–Kier alpha value is -2.16. The van der Waals surface area contributed by atoms with Crippen molar-refractivity contribution in [2.75, 3.05) is 0 Å². The maximum Gasteiger partial charge on any atom is 0.430 e. The number of aliphatic hydroxyl groups is 3. The monoisotopic (exact) mass is 800 g/mol. The molecular weight excluding hydrogens is 774 g/mol. The summed E-state index contributed by atoms with van der Waals surface area (Å²) < 4.78 is 161. The number of hydrogen-bond donors (Lipinski definition) is 3. The Labute approximate surface area is 243 Å². The van der Waals surface area contributed by atoms with E-state index in [1.807, 2.05) is 0 Å². The molecule has 0 bridgehead atoms. The van der Waals surface area contributed by atoms with Crippen LogP contribution < -0.4 is 0 Å². The minimum absolute atomic E-state index is 0.0993. The van der Waals surface area contributed by atoms with Gasteiger partial charge in [-0.05, 0) is 31.9 Å². The first-order valence-corrected chi connectivity index (χ1v) is 13.1. The zero-order valence-corrected chi connectivity index (χ0v) is 25.1. The molecule has 2 aromatic rings. The molecule has 0 aliphatic heterocycles. The summed E-state index contributed by atoms with van der Waals surface area (Å²) in [6.07, 6.45) is -24.4. The molecule has 0 amide bonds. The number of benzene rings is 2. The van der Waals surface area contributed by atoms with E-state index in [0.29, 0.717) is 24.3 Å². The van der Waals surface area contributed by atoms with Gasteiger partial charge in [0.25, 0.3) is 11.2 Å². The maximum atomic E-state index is 13.2. The molecule has 42 heavy (non-hydrogen) atoms. The summed E-state index contributed by atoms with van der Waals surface area (Å²) in [6.45, 7) is 7.38. The van der Waals surface area contributed by atoms with Crippen LogP contribution >= 0.6 is 0 Å². The standard InChI is InChI=1S/C18H10F12NO2.C4H10O.C3H6.W/c19-15(20,21)13(32,16(22,23)24)9-5-1-3-7-11(9)31-12-8-4-2-6-10(12)14(33,17(25,26)27)18(28,29)30;1-4(2,3)5;1-3-2;/h1-8,32-33H;5H,1-3H3;1H,3H2,2H3;/q-1;;;. The SMILES string of the molecule is CC(C)(C)O.CC[CH]=[W].OC(c1ccccc1[N-]c1ccccc1C(O)(C(F)(F)F)C(F)(F)F)(C(F)(F)F)C(F)(F)F. The van der Waals surface area contributed by atoms with Crippen molar-refractivity contribution in [3.05, 3.63) is 65.0 Å². The second-order valence-electron chi connectivity index (χ2n) is 9.30. The summed E-state index contributed by atoms with van der Waals surface area (Å²) in [4.78, 5) is 0. The summed E-state index contributed by atoms with van der Waals surface area (Å²) in [7, 11) is 0. The molecule has 4 nitrogen and oxygen atoms in total. The largest absolute Gasteiger partial charge is 0.657 e. The van der Waals surface area contributed by atoms with E-state index in [1.165, 1.54) is 6.42 Å². The minimum Gasteiger partial charge on any atom is -0.657 e. The van der Waals surface area contributed by atoms with Crippen LogP contribution in [0.2, 0.25) is 0 Å². The second kappa shape index (κ2) is 14.1. The van der Waals surface area contributed by atoms with Crippen LogP contribution in [0.25, 0.3) is 5.32 Å². The molecule has 0 saturated heterocycles. The molecule has 2 aromatic carbocycles. The molecule has 0 aliphatic rings. The molecule has 0 radical (unpaired) electrons. The first-order valence-electron chi connectivity index (χ1n) is 11.4. The van der Waals surface area contributed by atoms with Crippen LogP contribution in [0.1, 0.15) is 45.2 Å². The van der Waals surface area contributed by atoms with E-state index >= 15 is 0 Å². The molecule has 3 N–H and O–H groups in total. The third-order valence-corrected chi connectivity index (χ3v) is 5.83. The Morgan fingerprint density at radius 1 is 0.595 bits per heavy atom. The molecule has 0 aliphatic carbocycles. The van der Waals surface area contributed by atoms with E-state index in [1.54, 1.807) is 40.1 Å². The fraction of sp³-hybridized carbons (Fsp3) is 0.480. The van der Waals surface area contributed by atoms with Gasteiger partial charge < -0.3 is 20.6 Å². The van der Waals surface area contributed by atoms with Crippen LogP contribution in [0.5, 0.6) is 0 Å². The normalized spacial score (nSPS) is 13.3. The summed E-state index contributed by atoms with van der Waals surface area (Å²) in [5.41, 5.74) is -18.6. The quantitative estimate of drug-likeness (QED) is 0.268. The van der Waals surface area contributed by atoms with E-state index in [2.05, 4.69) is 16.6 Å². The van der Waals surface area contributed by atoms with Crippen LogP contribution in [0.4, 0.5) is 64.1 Å². The Balaban J connectivity index is 0.00000163. The van der Waals surface area contributed by atoms with Crippen molar-refractivity contribution in [1.82, 2.24) is 0 Å². The smallest absolute Gasteiger partial charge is 0.430 e. The average Bonchev–Trinajstić information content (AvgIpc) is 2.80. The second-order valence-corrected chi connectivity index (χ2v) is 10.5. The van der Waals surface area contributed by atoms with Crippen LogP contribution in [0, 0.1) is 0 Å². The molecule has 0 unspecified atom stereocenters. The molecule has 0 fully saturated rings. The van der Waals surface area contributed by atoms with Gasteiger partial charge in [0.2, 0.25) is 0 Å². The van der Waals surface area contributed by atoms with Gasteiger partial charge in [0.1, 0.15) is 0 Å². The molecule has 0 heterocycles. The summed E-state index contributed by atoms with van der Waals surface area (Å²) in [5.74, 6) is 0. The fourth-order valence-corrected chi connectivity index (χ4v) is 2.82. The predicted molar refractivity (Wildman–Crippen MR) is 126 cm³/mol. The van der Waals surface area contributed by atoms with Crippen molar-refractivity contribution in [1.29, 1.82) is 0 Å². The van der Waals surface area contributed by atoms with E-state index in [0.717, 1.165) is 12.1 Å². The van der Waals surface area contributed by atoms with Gasteiger partial charge in [0.05, 0.1) is 5.60 Å². The van der Waals surface area contributed by atoms with Gasteiger partial charge in [-0.2, -0.15) is 52.7 Å². The van der Waals surface area contributed by atoms with Crippen molar-refractivity contribution in [2.45, 2.75) is 75.6 Å². The van der Waals surface area contributed by atoms with E-state index in [4.69, 9.17) is 5.11 Å². The zero-order chi connectivity index (χ0) is 33.6. The van der Waals surface area contributed by atoms with E-state index in [9.17, 15) is 62.9 Å². The van der Waals surface area contributed by atoms with Gasteiger partial charge in [-0.3, -0.25) is 0 Å². The van der Waals surface area contributed by atoms with Crippen LogP contribution in [-0.2, 0) is 30.6 Å². The van der Waals surface area contributed by atoms with Crippen LogP contribution in [0.15, 0.2) is 48.5 Å². The molecular formula is C25H26F12NO3W-. The number of nitrogens with zero attached hydrogens (tertiary/aromatic N) is 1. The van der Waals surface area contributed by atoms with Crippen LogP contribution in [0.3, 0.4) is 0 Å². The third kappa shape index (κ3) is 9.68. The van der Waals surface area contributed by atoms with Gasteiger partial charge in [-0.25, -0.2) is 0 Å².